The third kappa shape index (κ3) is 6.36. The molecule has 0 radical (unpaired) electrons. The zero-order valence-corrected chi connectivity index (χ0v) is 16.9. The van der Waals surface area contributed by atoms with Crippen molar-refractivity contribution in [2.24, 2.45) is 5.92 Å². The Morgan fingerprint density at radius 2 is 1.71 bits per heavy atom. The van der Waals surface area contributed by atoms with E-state index in [1.165, 1.54) is 0 Å². The van der Waals surface area contributed by atoms with E-state index in [-0.39, 0.29) is 17.5 Å². The van der Waals surface area contributed by atoms with Crippen LogP contribution in [0.3, 0.4) is 0 Å². The Kier molecular flexibility index (Phi) is 8.48. The number of carbonyl (C=O) groups is 1. The number of unbranched alkanes of at least 4 members (excludes halogenated alkanes) is 5. The fourth-order valence-electron chi connectivity index (χ4n) is 2.84. The van der Waals surface area contributed by atoms with Gasteiger partial charge in [0.05, 0.1) is 19.1 Å². The van der Waals surface area contributed by atoms with Gasteiger partial charge >= 0.3 is 11.6 Å². The van der Waals surface area contributed by atoms with Crippen LogP contribution in [0.2, 0.25) is 0 Å². The van der Waals surface area contributed by atoms with Gasteiger partial charge in [-0.05, 0) is 31.9 Å². The molecule has 0 bridgehead atoms. The molecule has 0 atom stereocenters. The number of benzene rings is 1. The normalized spacial score (nSPS) is 11.2. The molecule has 0 aliphatic heterocycles. The standard InChI is InChI=1S/C22H29FO5/c1-15(2)21(24)27-13-9-7-5-4-6-8-12-26-17-10-11-18-16(3)20(23)22(25)28-19(18)14-17/h10-11,14-15H,4-9,12-13H2,1-3H3. The molecule has 0 aliphatic carbocycles. The second-order valence-corrected chi connectivity index (χ2v) is 7.28. The lowest BCUT2D eigenvalue weighted by Gasteiger charge is -2.08. The lowest BCUT2D eigenvalue weighted by Crippen LogP contribution is -2.12. The molecule has 0 saturated carbocycles. The van der Waals surface area contributed by atoms with Crippen LogP contribution in [0.15, 0.2) is 27.4 Å². The molecule has 5 nitrogen and oxygen atoms in total. The third-order valence-electron chi connectivity index (χ3n) is 4.59. The van der Waals surface area contributed by atoms with E-state index in [2.05, 4.69) is 0 Å². The van der Waals surface area contributed by atoms with E-state index >= 15 is 0 Å². The van der Waals surface area contributed by atoms with Gasteiger partial charge in [-0.1, -0.05) is 39.5 Å². The number of esters is 1. The quantitative estimate of drug-likeness (QED) is 0.300. The maximum atomic E-state index is 13.6. The van der Waals surface area contributed by atoms with Crippen LogP contribution >= 0.6 is 0 Å². The summed E-state index contributed by atoms with van der Waals surface area (Å²) in [5, 5.41) is 0.573. The van der Waals surface area contributed by atoms with Gasteiger partial charge in [0.25, 0.3) is 0 Å². The van der Waals surface area contributed by atoms with Gasteiger partial charge in [0, 0.05) is 17.0 Å². The van der Waals surface area contributed by atoms with Crippen molar-refractivity contribution < 1.29 is 23.1 Å². The van der Waals surface area contributed by atoms with Crippen molar-refractivity contribution in [2.45, 2.75) is 59.3 Å². The number of carbonyl (C=O) groups excluding carboxylic acids is 1. The summed E-state index contributed by atoms with van der Waals surface area (Å²) < 4.78 is 29.4. The van der Waals surface area contributed by atoms with E-state index in [0.29, 0.717) is 29.9 Å². The molecule has 2 aromatic rings. The Morgan fingerprint density at radius 1 is 1.07 bits per heavy atom. The number of halogens is 1. The summed E-state index contributed by atoms with van der Waals surface area (Å²) >= 11 is 0. The van der Waals surface area contributed by atoms with Crippen molar-refractivity contribution in [3.63, 3.8) is 0 Å². The number of fused-ring (bicyclic) bond motifs is 1. The van der Waals surface area contributed by atoms with Crippen LogP contribution in [0.1, 0.15) is 57.9 Å². The number of aryl methyl sites for hydroxylation is 1. The first-order chi connectivity index (χ1) is 13.4. The number of rotatable bonds is 11. The number of hydrogen-bond donors (Lipinski definition) is 0. The van der Waals surface area contributed by atoms with Gasteiger partial charge in [-0.2, -0.15) is 4.39 Å². The van der Waals surface area contributed by atoms with Crippen molar-refractivity contribution in [3.8, 4) is 5.75 Å². The highest BCUT2D eigenvalue weighted by atomic mass is 19.1. The molecular weight excluding hydrogens is 363 g/mol. The van der Waals surface area contributed by atoms with E-state index in [0.717, 1.165) is 38.5 Å². The van der Waals surface area contributed by atoms with E-state index in [1.807, 2.05) is 13.8 Å². The SMILES string of the molecule is Cc1c(F)c(=O)oc2cc(OCCCCCCCCOC(=O)C(C)C)ccc12. The summed E-state index contributed by atoms with van der Waals surface area (Å²) in [5.74, 6) is -0.442. The van der Waals surface area contributed by atoms with Gasteiger partial charge in [-0.15, -0.1) is 0 Å². The Morgan fingerprint density at radius 3 is 2.39 bits per heavy atom. The van der Waals surface area contributed by atoms with Crippen LogP contribution in [0, 0.1) is 18.7 Å². The van der Waals surface area contributed by atoms with Gasteiger partial charge in [-0.3, -0.25) is 4.79 Å². The fourth-order valence-corrected chi connectivity index (χ4v) is 2.84. The van der Waals surface area contributed by atoms with Crippen molar-refractivity contribution in [3.05, 3.63) is 40.0 Å². The maximum Gasteiger partial charge on any atom is 0.372 e. The Labute approximate surface area is 164 Å². The molecule has 1 aromatic carbocycles. The molecule has 0 aliphatic rings. The first-order valence-corrected chi connectivity index (χ1v) is 9.92. The molecule has 28 heavy (non-hydrogen) atoms. The summed E-state index contributed by atoms with van der Waals surface area (Å²) in [6, 6.07) is 5.09. The summed E-state index contributed by atoms with van der Waals surface area (Å²) in [5.41, 5.74) is -0.336. The van der Waals surface area contributed by atoms with E-state index in [1.54, 1.807) is 25.1 Å². The minimum absolute atomic E-state index is 0.0659. The molecule has 0 unspecified atom stereocenters. The molecule has 0 amide bonds. The minimum Gasteiger partial charge on any atom is -0.493 e. The molecule has 154 valence electrons. The molecule has 0 saturated heterocycles. The predicted molar refractivity (Wildman–Crippen MR) is 106 cm³/mol. The van der Waals surface area contributed by atoms with Gasteiger partial charge in [0.2, 0.25) is 5.82 Å². The van der Waals surface area contributed by atoms with Crippen LogP contribution in [0.25, 0.3) is 11.0 Å². The van der Waals surface area contributed by atoms with E-state index in [9.17, 15) is 14.0 Å². The van der Waals surface area contributed by atoms with Crippen molar-refractivity contribution >= 4 is 16.9 Å². The molecule has 0 fully saturated rings. The number of ether oxygens (including phenoxy) is 2. The van der Waals surface area contributed by atoms with E-state index in [4.69, 9.17) is 13.9 Å². The molecule has 1 heterocycles. The first-order valence-electron chi connectivity index (χ1n) is 9.92. The molecule has 6 heteroatoms. The zero-order valence-electron chi connectivity index (χ0n) is 16.9. The second kappa shape index (κ2) is 10.8. The highest BCUT2D eigenvalue weighted by Gasteiger charge is 2.11. The van der Waals surface area contributed by atoms with E-state index < -0.39 is 11.4 Å². The van der Waals surface area contributed by atoms with Crippen molar-refractivity contribution in [1.82, 2.24) is 0 Å². The van der Waals surface area contributed by atoms with Gasteiger partial charge < -0.3 is 13.9 Å². The number of hydrogen-bond acceptors (Lipinski definition) is 5. The Balaban J connectivity index is 1.62. The second-order valence-electron chi connectivity index (χ2n) is 7.28. The lowest BCUT2D eigenvalue weighted by molar-refractivity contribution is -0.147. The first kappa shape index (κ1) is 21.9. The summed E-state index contributed by atoms with van der Waals surface area (Å²) in [7, 11) is 0. The highest BCUT2D eigenvalue weighted by molar-refractivity contribution is 5.81. The average Bonchev–Trinajstić information content (AvgIpc) is 2.67. The smallest absolute Gasteiger partial charge is 0.372 e. The Bertz CT molecular complexity index is 841. The summed E-state index contributed by atoms with van der Waals surface area (Å²) in [6.45, 7) is 6.30. The lowest BCUT2D eigenvalue weighted by atomic mass is 10.1. The largest absolute Gasteiger partial charge is 0.493 e. The van der Waals surface area contributed by atoms with Crippen molar-refractivity contribution in [1.29, 1.82) is 0 Å². The molecule has 0 N–H and O–H groups in total. The van der Waals surface area contributed by atoms with Crippen LogP contribution in [0.5, 0.6) is 5.75 Å². The van der Waals surface area contributed by atoms with Gasteiger partial charge in [0.1, 0.15) is 11.3 Å². The summed E-state index contributed by atoms with van der Waals surface area (Å²) in [4.78, 5) is 22.8. The monoisotopic (exact) mass is 392 g/mol. The Hall–Kier alpha value is -2.37. The minimum atomic E-state index is -0.957. The molecule has 2 rings (SSSR count). The van der Waals surface area contributed by atoms with Crippen molar-refractivity contribution in [2.75, 3.05) is 13.2 Å². The van der Waals surface area contributed by atoms with Crippen LogP contribution < -0.4 is 10.4 Å². The van der Waals surface area contributed by atoms with Gasteiger partial charge in [0.15, 0.2) is 0 Å². The van der Waals surface area contributed by atoms with Crippen LogP contribution in [-0.4, -0.2) is 19.2 Å². The topological polar surface area (TPSA) is 65.7 Å². The highest BCUT2D eigenvalue weighted by Crippen LogP contribution is 2.23. The third-order valence-corrected chi connectivity index (χ3v) is 4.59. The summed E-state index contributed by atoms with van der Waals surface area (Å²) in [6.07, 6.45) is 6.13. The molecule has 1 aromatic heterocycles. The van der Waals surface area contributed by atoms with Gasteiger partial charge in [-0.25, -0.2) is 4.79 Å². The van der Waals surface area contributed by atoms with Crippen LogP contribution in [-0.2, 0) is 9.53 Å². The maximum absolute atomic E-state index is 13.6. The molecular formula is C22H29FO5. The molecule has 0 spiro atoms. The average molecular weight is 392 g/mol. The van der Waals surface area contributed by atoms with Crippen LogP contribution in [0.4, 0.5) is 4.39 Å². The fraction of sp³-hybridized carbons (Fsp3) is 0.545. The zero-order chi connectivity index (χ0) is 20.5. The predicted octanol–water partition coefficient (Wildman–Crippen LogP) is 5.16.